The van der Waals surface area contributed by atoms with Crippen LogP contribution in [0.3, 0.4) is 0 Å². The van der Waals surface area contributed by atoms with E-state index >= 15 is 0 Å². The molecule has 16 nitrogen and oxygen atoms in total. The first-order valence-electron chi connectivity index (χ1n) is 23.4. The zero-order valence-electron chi connectivity index (χ0n) is 38.1. The first-order valence-corrected chi connectivity index (χ1v) is 23.4. The molecule has 2 N–H and O–H groups in total. The van der Waals surface area contributed by atoms with E-state index < -0.39 is 23.1 Å². The van der Waals surface area contributed by atoms with Gasteiger partial charge in [0.2, 0.25) is 17.7 Å². The lowest BCUT2D eigenvalue weighted by molar-refractivity contribution is -0.135. The predicted octanol–water partition coefficient (Wildman–Crippen LogP) is 4.59. The van der Waals surface area contributed by atoms with Crippen LogP contribution in [0.1, 0.15) is 66.4 Å². The van der Waals surface area contributed by atoms with E-state index in [0.717, 1.165) is 72.6 Å². The minimum atomic E-state index is -0.796. The van der Waals surface area contributed by atoms with Gasteiger partial charge >= 0.3 is 0 Å². The number of benzene rings is 2. The first-order chi connectivity index (χ1) is 33.0. The number of ether oxygens (including phenoxy) is 1. The molecule has 4 aliphatic rings. The number of fused-ring (bicyclic) bond motifs is 1. The van der Waals surface area contributed by atoms with Crippen molar-refractivity contribution in [1.29, 1.82) is 5.26 Å². The fourth-order valence-corrected chi connectivity index (χ4v) is 10.00. The summed E-state index contributed by atoms with van der Waals surface area (Å²) in [4.78, 5) is 66.8. The maximum atomic E-state index is 14.9. The zero-order chi connectivity index (χ0) is 47.4. The minimum absolute atomic E-state index is 0.106. The largest absolute Gasteiger partial charge is 0.492 e. The van der Waals surface area contributed by atoms with Crippen LogP contribution < -0.4 is 25.2 Å². The van der Waals surface area contributed by atoms with Crippen LogP contribution in [0.4, 0.5) is 20.3 Å². The van der Waals surface area contributed by atoms with E-state index in [2.05, 4.69) is 41.4 Å². The number of nitrogens with one attached hydrogen (secondary N) is 2. The van der Waals surface area contributed by atoms with Crippen LogP contribution in [0.2, 0.25) is 0 Å². The van der Waals surface area contributed by atoms with Gasteiger partial charge in [-0.05, 0) is 80.3 Å². The Kier molecular flexibility index (Phi) is 13.6. The Morgan fingerprint density at radius 3 is 2.34 bits per heavy atom. The average molecular weight is 928 g/mol. The van der Waals surface area contributed by atoms with E-state index in [1.54, 1.807) is 16.9 Å². The molecule has 354 valence electrons. The van der Waals surface area contributed by atoms with Crippen LogP contribution in [0.25, 0.3) is 16.6 Å². The molecule has 0 saturated carbocycles. The number of piperazine rings is 2. The molecule has 0 aliphatic carbocycles. The molecule has 18 heteroatoms. The molecule has 4 fully saturated rings. The van der Waals surface area contributed by atoms with Crippen molar-refractivity contribution >= 4 is 40.7 Å². The van der Waals surface area contributed by atoms with E-state index in [0.29, 0.717) is 108 Å². The maximum absolute atomic E-state index is 14.9. The topological polar surface area (TPSA) is 172 Å². The number of nitrogens with zero attached hydrogens (tertiary/aromatic N) is 9. The Balaban J connectivity index is 0.789. The number of piperidine rings is 2. The van der Waals surface area contributed by atoms with Crippen molar-refractivity contribution < 1.29 is 32.7 Å². The molecule has 1 atom stereocenters. The van der Waals surface area contributed by atoms with Gasteiger partial charge in [0.05, 0.1) is 47.1 Å². The van der Waals surface area contributed by atoms with Crippen molar-refractivity contribution in [2.24, 2.45) is 0 Å². The van der Waals surface area contributed by atoms with Crippen LogP contribution in [-0.2, 0) is 14.4 Å². The summed E-state index contributed by atoms with van der Waals surface area (Å²) in [6, 6.07) is 18.9. The number of imide groups is 1. The number of hydrogen-bond donors (Lipinski definition) is 2. The van der Waals surface area contributed by atoms with Crippen LogP contribution in [-0.4, -0.2) is 144 Å². The summed E-state index contributed by atoms with van der Waals surface area (Å²) < 4.78 is 36.6. The molecule has 5 aromatic rings. The molecule has 0 spiro atoms. The molecule has 2 aromatic carbocycles. The maximum Gasteiger partial charge on any atom is 0.254 e. The number of halogens is 2. The number of nitriles is 1. The lowest BCUT2D eigenvalue weighted by Crippen LogP contribution is -2.62. The number of aromatic nitrogens is 3. The SMILES string of the molecule is CCOc1cc(-c2ccc(N3CCC(CN4CCN(C(=O)CCN5CCN(c6ccc(C7CCC(=O)NC7=O)cc6)CC5)CC4)(NC(=O)c4cc(F)ccc4F)CC3)nc2)c2c(C#N)cnn2c1. The van der Waals surface area contributed by atoms with E-state index in [9.17, 15) is 33.2 Å². The number of rotatable bonds is 13. The van der Waals surface area contributed by atoms with Crippen LogP contribution in [0.5, 0.6) is 5.75 Å². The normalized spacial score (nSPS) is 19.1. The number of hydrogen-bond acceptors (Lipinski definition) is 12. The smallest absolute Gasteiger partial charge is 0.254 e. The molecule has 4 saturated heterocycles. The Hall–Kier alpha value is -6.97. The zero-order valence-corrected chi connectivity index (χ0v) is 38.1. The molecule has 0 bridgehead atoms. The number of carbonyl (C=O) groups is 4. The summed E-state index contributed by atoms with van der Waals surface area (Å²) in [5.41, 5.74) is 3.53. The van der Waals surface area contributed by atoms with Gasteiger partial charge in [0.15, 0.2) is 0 Å². The van der Waals surface area contributed by atoms with Crippen LogP contribution in [0, 0.1) is 23.0 Å². The third-order valence-corrected chi connectivity index (χ3v) is 13.8. The van der Waals surface area contributed by atoms with Crippen molar-refractivity contribution in [2.75, 3.05) is 94.9 Å². The Morgan fingerprint density at radius 2 is 1.65 bits per heavy atom. The van der Waals surface area contributed by atoms with Crippen LogP contribution >= 0.6 is 0 Å². The third-order valence-electron chi connectivity index (χ3n) is 13.8. The average Bonchev–Trinajstić information content (AvgIpc) is 3.78. The standard InChI is InChI=1S/C50H55F2N11O5/c1-2-68-39-28-41(47-36(29-53)31-55-63(47)32-39)35-5-11-44(54-30-35)61-17-14-50(15-18-61,57-49(67)42-27-37(51)6-10-43(42)52)33-59-21-25-62(26-22-59)46(65)13-16-58-19-23-60(24-20-58)38-7-3-34(4-8-38)40-9-12-45(64)56-48(40)66/h3-8,10-11,27-28,30-32,40H,2,9,12-26,33H2,1H3,(H,57,67)(H,56,64,66). The van der Waals surface area contributed by atoms with E-state index in [1.807, 2.05) is 54.3 Å². The molecule has 0 radical (unpaired) electrons. The van der Waals surface area contributed by atoms with Gasteiger partial charge in [0.25, 0.3) is 5.91 Å². The van der Waals surface area contributed by atoms with Gasteiger partial charge in [-0.15, -0.1) is 0 Å². The van der Waals surface area contributed by atoms with Gasteiger partial charge in [0.1, 0.15) is 29.3 Å². The van der Waals surface area contributed by atoms with E-state index in [1.165, 1.54) is 6.20 Å². The Morgan fingerprint density at radius 1 is 0.897 bits per heavy atom. The van der Waals surface area contributed by atoms with Gasteiger partial charge in [-0.3, -0.25) is 34.3 Å². The highest BCUT2D eigenvalue weighted by atomic mass is 19.1. The summed E-state index contributed by atoms with van der Waals surface area (Å²) in [6.07, 6.45) is 7.35. The molecule has 7 heterocycles. The summed E-state index contributed by atoms with van der Waals surface area (Å²) in [5, 5.41) is 19.7. The highest BCUT2D eigenvalue weighted by Crippen LogP contribution is 2.34. The molecule has 4 amide bonds. The highest BCUT2D eigenvalue weighted by Gasteiger charge is 2.40. The van der Waals surface area contributed by atoms with Gasteiger partial charge in [0, 0.05) is 114 Å². The molecule has 1 unspecified atom stereocenters. The molecule has 4 aliphatic heterocycles. The van der Waals surface area contributed by atoms with Gasteiger partial charge in [-0.25, -0.2) is 18.3 Å². The second-order valence-corrected chi connectivity index (χ2v) is 18.1. The van der Waals surface area contributed by atoms with Crippen molar-refractivity contribution in [3.05, 3.63) is 108 Å². The third kappa shape index (κ3) is 10.1. The molecule has 9 rings (SSSR count). The summed E-state index contributed by atoms with van der Waals surface area (Å²) in [6.45, 7) is 10.2. The number of amides is 4. The quantitative estimate of drug-likeness (QED) is 0.158. The molecular formula is C50H55F2N11O5. The highest BCUT2D eigenvalue weighted by molar-refractivity contribution is 6.01. The Labute approximate surface area is 393 Å². The van der Waals surface area contributed by atoms with Crippen molar-refractivity contribution in [2.45, 2.75) is 50.5 Å². The number of pyridine rings is 2. The molecule has 68 heavy (non-hydrogen) atoms. The minimum Gasteiger partial charge on any atom is -0.492 e. The number of anilines is 2. The van der Waals surface area contributed by atoms with E-state index in [-0.39, 0.29) is 29.2 Å². The second kappa shape index (κ2) is 20.1. The lowest BCUT2D eigenvalue weighted by Gasteiger charge is -2.46. The van der Waals surface area contributed by atoms with Crippen molar-refractivity contribution in [3.63, 3.8) is 0 Å². The van der Waals surface area contributed by atoms with E-state index in [4.69, 9.17) is 9.72 Å². The monoisotopic (exact) mass is 927 g/mol. The van der Waals surface area contributed by atoms with Crippen LogP contribution in [0.15, 0.2) is 79.3 Å². The fourth-order valence-electron chi connectivity index (χ4n) is 10.00. The first kappa shape index (κ1) is 46.2. The van der Waals surface area contributed by atoms with Gasteiger partial charge in [-0.2, -0.15) is 10.4 Å². The fraction of sp³-hybridized carbons (Fsp3) is 0.420. The summed E-state index contributed by atoms with van der Waals surface area (Å²) >= 11 is 0. The molecular weight excluding hydrogens is 873 g/mol. The lowest BCUT2D eigenvalue weighted by atomic mass is 9.86. The van der Waals surface area contributed by atoms with Crippen molar-refractivity contribution in [1.82, 2.24) is 39.9 Å². The van der Waals surface area contributed by atoms with Gasteiger partial charge in [-0.1, -0.05) is 12.1 Å². The van der Waals surface area contributed by atoms with Gasteiger partial charge < -0.3 is 24.8 Å². The molecule has 3 aromatic heterocycles. The Bertz CT molecular complexity index is 2700. The summed E-state index contributed by atoms with van der Waals surface area (Å²) in [5.74, 6) is -1.47. The summed E-state index contributed by atoms with van der Waals surface area (Å²) in [7, 11) is 0. The number of carbonyl (C=O) groups excluding carboxylic acids is 4. The van der Waals surface area contributed by atoms with Crippen molar-refractivity contribution in [3.8, 4) is 22.9 Å². The predicted molar refractivity (Wildman–Crippen MR) is 250 cm³/mol. The second-order valence-electron chi connectivity index (χ2n) is 18.1.